The zero-order valence-corrected chi connectivity index (χ0v) is 13.7. The van der Waals surface area contributed by atoms with Gasteiger partial charge in [0.25, 0.3) is 0 Å². The number of aliphatic hydroxyl groups excluding tert-OH is 1. The Morgan fingerprint density at radius 1 is 1.25 bits per heavy atom. The van der Waals surface area contributed by atoms with Gasteiger partial charge in [-0.3, -0.25) is 9.59 Å². The number of hydrogen-bond donors (Lipinski definition) is 2. The summed E-state index contributed by atoms with van der Waals surface area (Å²) in [5.41, 5.74) is 1.95. The van der Waals surface area contributed by atoms with Crippen molar-refractivity contribution >= 4 is 34.8 Å². The second-order valence-corrected chi connectivity index (χ2v) is 6.11. The highest BCUT2D eigenvalue weighted by molar-refractivity contribution is 6.33. The van der Waals surface area contributed by atoms with E-state index in [9.17, 15) is 9.59 Å². The maximum Gasteiger partial charge on any atom is 0.229 e. The van der Waals surface area contributed by atoms with Gasteiger partial charge in [0, 0.05) is 18.7 Å². The van der Waals surface area contributed by atoms with E-state index >= 15 is 0 Å². The minimum atomic E-state index is -0.438. The van der Waals surface area contributed by atoms with Gasteiger partial charge in [0.15, 0.2) is 0 Å². The fourth-order valence-corrected chi connectivity index (χ4v) is 3.02. The van der Waals surface area contributed by atoms with E-state index in [1.54, 1.807) is 47.4 Å². The molecule has 0 spiro atoms. The summed E-state index contributed by atoms with van der Waals surface area (Å²) in [6, 6.07) is 14.1. The van der Waals surface area contributed by atoms with Crippen LogP contribution < -0.4 is 10.2 Å². The van der Waals surface area contributed by atoms with Gasteiger partial charge in [0.2, 0.25) is 11.8 Å². The van der Waals surface area contributed by atoms with Crippen LogP contribution in [0.2, 0.25) is 5.02 Å². The smallest absolute Gasteiger partial charge is 0.229 e. The molecule has 24 heavy (non-hydrogen) atoms. The number of amides is 2. The van der Waals surface area contributed by atoms with E-state index in [1.807, 2.05) is 6.07 Å². The Balaban J connectivity index is 1.71. The van der Waals surface area contributed by atoms with Crippen LogP contribution in [0.1, 0.15) is 12.0 Å². The zero-order chi connectivity index (χ0) is 17.1. The number of para-hydroxylation sites is 1. The first kappa shape index (κ1) is 16.5. The van der Waals surface area contributed by atoms with Crippen molar-refractivity contribution in [2.75, 3.05) is 16.8 Å². The highest BCUT2D eigenvalue weighted by atomic mass is 35.5. The summed E-state index contributed by atoms with van der Waals surface area (Å²) in [5.74, 6) is -0.771. The van der Waals surface area contributed by atoms with Gasteiger partial charge in [-0.2, -0.15) is 0 Å². The normalized spacial score (nSPS) is 17.2. The molecule has 1 saturated heterocycles. The Morgan fingerprint density at radius 2 is 2.04 bits per heavy atom. The van der Waals surface area contributed by atoms with Crippen molar-refractivity contribution in [3.63, 3.8) is 0 Å². The number of benzene rings is 2. The quantitative estimate of drug-likeness (QED) is 0.896. The van der Waals surface area contributed by atoms with Gasteiger partial charge in [0.05, 0.1) is 23.2 Å². The topological polar surface area (TPSA) is 69.6 Å². The Hall–Kier alpha value is -2.37. The van der Waals surface area contributed by atoms with Crippen molar-refractivity contribution in [2.24, 2.45) is 5.92 Å². The Labute approximate surface area is 144 Å². The van der Waals surface area contributed by atoms with E-state index < -0.39 is 5.92 Å². The average molecular weight is 345 g/mol. The van der Waals surface area contributed by atoms with Crippen molar-refractivity contribution in [2.45, 2.75) is 13.0 Å². The number of rotatable bonds is 4. The fraction of sp³-hybridized carbons (Fsp3) is 0.222. The number of carbonyl (C=O) groups excluding carboxylic acids is 2. The first-order valence-corrected chi connectivity index (χ1v) is 8.02. The molecule has 1 heterocycles. The van der Waals surface area contributed by atoms with Crippen molar-refractivity contribution in [3.05, 3.63) is 59.1 Å². The highest BCUT2D eigenvalue weighted by Gasteiger charge is 2.35. The molecule has 0 radical (unpaired) electrons. The molecule has 1 aliphatic heterocycles. The standard InChI is InChI=1S/C18H17ClN2O3/c19-15-6-1-2-7-16(15)21-10-13(9-17(21)23)18(24)20-14-5-3-4-12(8-14)11-22/h1-8,13,22H,9-11H2,(H,20,24). The van der Waals surface area contributed by atoms with E-state index in [4.69, 9.17) is 16.7 Å². The van der Waals surface area contributed by atoms with Crippen molar-refractivity contribution in [1.29, 1.82) is 0 Å². The molecule has 1 atom stereocenters. The second-order valence-electron chi connectivity index (χ2n) is 5.70. The molecule has 2 aromatic rings. The molecule has 2 N–H and O–H groups in total. The lowest BCUT2D eigenvalue weighted by molar-refractivity contribution is -0.122. The predicted molar refractivity (Wildman–Crippen MR) is 92.9 cm³/mol. The first-order valence-electron chi connectivity index (χ1n) is 7.64. The minimum Gasteiger partial charge on any atom is -0.392 e. The van der Waals surface area contributed by atoms with Crippen LogP contribution in [-0.2, 0) is 16.2 Å². The Kier molecular flexibility index (Phi) is 4.83. The molecular weight excluding hydrogens is 328 g/mol. The van der Waals surface area contributed by atoms with Gasteiger partial charge >= 0.3 is 0 Å². The molecule has 2 amide bonds. The highest BCUT2D eigenvalue weighted by Crippen LogP contribution is 2.31. The minimum absolute atomic E-state index is 0.0914. The molecule has 6 heteroatoms. The molecule has 0 aliphatic carbocycles. The summed E-state index contributed by atoms with van der Waals surface area (Å²) in [4.78, 5) is 26.2. The van der Waals surface area contributed by atoms with Crippen molar-refractivity contribution in [1.82, 2.24) is 0 Å². The number of anilines is 2. The number of hydrogen-bond acceptors (Lipinski definition) is 3. The molecule has 5 nitrogen and oxygen atoms in total. The number of nitrogens with zero attached hydrogens (tertiary/aromatic N) is 1. The van der Waals surface area contributed by atoms with Crippen LogP contribution in [0.3, 0.4) is 0 Å². The van der Waals surface area contributed by atoms with Crippen LogP contribution in [0, 0.1) is 5.92 Å². The molecule has 124 valence electrons. The molecule has 3 rings (SSSR count). The molecular formula is C18H17ClN2O3. The SMILES string of the molecule is O=C(Nc1cccc(CO)c1)C1CC(=O)N(c2ccccc2Cl)C1. The van der Waals surface area contributed by atoms with Crippen LogP contribution in [0.4, 0.5) is 11.4 Å². The largest absolute Gasteiger partial charge is 0.392 e. The fourth-order valence-electron chi connectivity index (χ4n) is 2.78. The number of carbonyl (C=O) groups is 2. The molecule has 0 saturated carbocycles. The molecule has 2 aromatic carbocycles. The Bertz CT molecular complexity index is 778. The first-order chi connectivity index (χ1) is 11.6. The van der Waals surface area contributed by atoms with E-state index in [0.717, 1.165) is 0 Å². The lowest BCUT2D eigenvalue weighted by Gasteiger charge is -2.18. The van der Waals surface area contributed by atoms with Crippen LogP contribution >= 0.6 is 11.6 Å². The maximum atomic E-state index is 12.4. The van der Waals surface area contributed by atoms with Crippen LogP contribution in [-0.4, -0.2) is 23.5 Å². The van der Waals surface area contributed by atoms with Gasteiger partial charge in [-0.1, -0.05) is 35.9 Å². The summed E-state index contributed by atoms with van der Waals surface area (Å²) in [5, 5.41) is 12.4. The number of halogens is 1. The van der Waals surface area contributed by atoms with Crippen molar-refractivity contribution < 1.29 is 14.7 Å². The monoisotopic (exact) mass is 344 g/mol. The molecule has 1 unspecified atom stereocenters. The predicted octanol–water partition coefficient (Wildman–Crippen LogP) is 2.82. The third-order valence-electron chi connectivity index (χ3n) is 4.02. The van der Waals surface area contributed by atoms with Crippen LogP contribution in [0.25, 0.3) is 0 Å². The number of nitrogens with one attached hydrogen (secondary N) is 1. The Morgan fingerprint density at radius 3 is 2.79 bits per heavy atom. The van der Waals surface area contributed by atoms with Crippen molar-refractivity contribution in [3.8, 4) is 0 Å². The summed E-state index contributed by atoms with van der Waals surface area (Å²) in [6.45, 7) is 0.208. The van der Waals surface area contributed by atoms with E-state index in [0.29, 0.717) is 28.5 Å². The second kappa shape index (κ2) is 7.03. The lowest BCUT2D eigenvalue weighted by atomic mass is 10.1. The third kappa shape index (κ3) is 3.42. The number of aliphatic hydroxyl groups is 1. The molecule has 1 fully saturated rings. The maximum absolute atomic E-state index is 12.4. The van der Waals surface area contributed by atoms with Gasteiger partial charge in [-0.25, -0.2) is 0 Å². The summed E-state index contributed by atoms with van der Waals surface area (Å²) in [6.07, 6.45) is 0.150. The third-order valence-corrected chi connectivity index (χ3v) is 4.34. The summed E-state index contributed by atoms with van der Waals surface area (Å²) in [7, 11) is 0. The zero-order valence-electron chi connectivity index (χ0n) is 12.9. The van der Waals surface area contributed by atoms with E-state index in [1.165, 1.54) is 0 Å². The van der Waals surface area contributed by atoms with Crippen LogP contribution in [0.5, 0.6) is 0 Å². The summed E-state index contributed by atoms with van der Waals surface area (Å²) < 4.78 is 0. The van der Waals surface area contributed by atoms with Crippen LogP contribution in [0.15, 0.2) is 48.5 Å². The average Bonchev–Trinajstić information content (AvgIpc) is 2.97. The van der Waals surface area contributed by atoms with Gasteiger partial charge in [-0.05, 0) is 29.8 Å². The molecule has 1 aliphatic rings. The van der Waals surface area contributed by atoms with Gasteiger partial charge in [-0.15, -0.1) is 0 Å². The summed E-state index contributed by atoms with van der Waals surface area (Å²) >= 11 is 6.14. The molecule has 0 aromatic heterocycles. The molecule has 0 bridgehead atoms. The van der Waals surface area contributed by atoms with Gasteiger partial charge in [0.1, 0.15) is 0 Å². The van der Waals surface area contributed by atoms with E-state index in [-0.39, 0.29) is 24.8 Å². The van der Waals surface area contributed by atoms with Gasteiger partial charge < -0.3 is 15.3 Å². The lowest BCUT2D eigenvalue weighted by Crippen LogP contribution is -2.28. The van der Waals surface area contributed by atoms with E-state index in [2.05, 4.69) is 5.32 Å².